The molecule has 1 aliphatic rings. The number of rotatable bonds is 4. The fourth-order valence-electron chi connectivity index (χ4n) is 2.71. The van der Waals surface area contributed by atoms with E-state index in [0.717, 1.165) is 19.3 Å². The summed E-state index contributed by atoms with van der Waals surface area (Å²) in [6.07, 6.45) is 4.05. The van der Waals surface area contributed by atoms with Gasteiger partial charge in [0.05, 0.1) is 6.20 Å². The predicted octanol–water partition coefficient (Wildman–Crippen LogP) is 1.91. The number of aromatic amines is 1. The van der Waals surface area contributed by atoms with Crippen molar-refractivity contribution in [2.24, 2.45) is 5.92 Å². The second-order valence-electron chi connectivity index (χ2n) is 7.28. The first-order chi connectivity index (χ1) is 11.3. The number of carbonyl (C=O) groups excluding carboxylic acids is 2. The Morgan fingerprint density at radius 2 is 2.04 bits per heavy atom. The number of nitrogens with one attached hydrogen (secondary N) is 1. The summed E-state index contributed by atoms with van der Waals surface area (Å²) < 4.78 is 5.40. The number of carbonyl (C=O) groups is 2. The van der Waals surface area contributed by atoms with Gasteiger partial charge in [0.1, 0.15) is 5.60 Å². The highest BCUT2D eigenvalue weighted by atomic mass is 16.6. The van der Waals surface area contributed by atoms with Crippen LogP contribution in [-0.4, -0.2) is 69.5 Å². The molecule has 8 heteroatoms. The number of likely N-dealkylation sites (tertiary alicyclic amines) is 1. The molecular formula is C16H27N5O3. The van der Waals surface area contributed by atoms with Crippen molar-refractivity contribution in [2.75, 3.05) is 26.7 Å². The molecule has 0 spiro atoms. The second-order valence-corrected chi connectivity index (χ2v) is 7.28. The molecule has 1 fully saturated rings. The lowest BCUT2D eigenvalue weighted by Crippen LogP contribution is -2.42. The van der Waals surface area contributed by atoms with Gasteiger partial charge in [0, 0.05) is 26.7 Å². The highest BCUT2D eigenvalue weighted by Gasteiger charge is 2.27. The summed E-state index contributed by atoms with van der Waals surface area (Å²) in [6.45, 7) is 7.71. The fourth-order valence-corrected chi connectivity index (χ4v) is 2.71. The van der Waals surface area contributed by atoms with E-state index in [1.165, 1.54) is 6.20 Å². The number of H-pyrrole nitrogens is 1. The zero-order valence-corrected chi connectivity index (χ0v) is 14.9. The lowest BCUT2D eigenvalue weighted by atomic mass is 9.93. The number of nitrogens with zero attached hydrogens (tertiary/aromatic N) is 4. The molecule has 0 atom stereocenters. The molecular weight excluding hydrogens is 310 g/mol. The molecule has 24 heavy (non-hydrogen) atoms. The average Bonchev–Trinajstić information content (AvgIpc) is 3.05. The highest BCUT2D eigenvalue weighted by Crippen LogP contribution is 2.22. The Bertz CT molecular complexity index is 545. The first-order valence-electron chi connectivity index (χ1n) is 8.36. The van der Waals surface area contributed by atoms with Crippen LogP contribution in [0.2, 0.25) is 0 Å². The van der Waals surface area contributed by atoms with Crippen molar-refractivity contribution < 1.29 is 14.3 Å². The van der Waals surface area contributed by atoms with Crippen LogP contribution < -0.4 is 0 Å². The van der Waals surface area contributed by atoms with Crippen molar-refractivity contribution in [3.63, 3.8) is 0 Å². The van der Waals surface area contributed by atoms with Crippen molar-refractivity contribution in [1.82, 2.24) is 25.2 Å². The van der Waals surface area contributed by atoms with Gasteiger partial charge in [0.25, 0.3) is 5.91 Å². The standard InChI is InChI=1S/C16H27N5O3/c1-16(2,3)24-15(23)21-9-6-12(7-10-21)5-8-20(4)14(22)13-11-17-19-18-13/h11-12H,5-10H2,1-4H3,(H,17,18,19). The van der Waals surface area contributed by atoms with E-state index in [0.29, 0.717) is 31.2 Å². The third-order valence-electron chi connectivity index (χ3n) is 4.12. The number of hydrogen-bond acceptors (Lipinski definition) is 5. The number of ether oxygens (including phenoxy) is 1. The number of piperidine rings is 1. The smallest absolute Gasteiger partial charge is 0.410 e. The molecule has 8 nitrogen and oxygen atoms in total. The summed E-state index contributed by atoms with van der Waals surface area (Å²) in [4.78, 5) is 27.6. The SMILES string of the molecule is CN(CCC1CCN(C(=O)OC(C)(C)C)CC1)C(=O)c1c[nH]nn1. The van der Waals surface area contributed by atoms with E-state index in [9.17, 15) is 9.59 Å². The molecule has 2 amide bonds. The van der Waals surface area contributed by atoms with E-state index >= 15 is 0 Å². The Labute approximate surface area is 142 Å². The molecule has 0 radical (unpaired) electrons. The van der Waals surface area contributed by atoms with Crippen LogP contribution >= 0.6 is 0 Å². The molecule has 1 saturated heterocycles. The number of hydrogen-bond donors (Lipinski definition) is 1. The van der Waals surface area contributed by atoms with Gasteiger partial charge < -0.3 is 14.5 Å². The van der Waals surface area contributed by atoms with E-state index in [-0.39, 0.29) is 12.0 Å². The van der Waals surface area contributed by atoms with Gasteiger partial charge in [-0.05, 0) is 46.0 Å². The molecule has 1 aromatic rings. The van der Waals surface area contributed by atoms with Gasteiger partial charge in [-0.25, -0.2) is 4.79 Å². The molecule has 0 unspecified atom stereocenters. The summed E-state index contributed by atoms with van der Waals surface area (Å²) in [7, 11) is 1.77. The van der Waals surface area contributed by atoms with Crippen LogP contribution in [0, 0.1) is 5.92 Å². The molecule has 1 N–H and O–H groups in total. The maximum Gasteiger partial charge on any atom is 0.410 e. The Morgan fingerprint density at radius 3 is 2.58 bits per heavy atom. The van der Waals surface area contributed by atoms with Gasteiger partial charge in [-0.1, -0.05) is 5.21 Å². The summed E-state index contributed by atoms with van der Waals surface area (Å²) in [5, 5.41) is 9.83. The molecule has 2 rings (SSSR count). The Morgan fingerprint density at radius 1 is 1.38 bits per heavy atom. The normalized spacial score (nSPS) is 16.1. The van der Waals surface area contributed by atoms with Crippen LogP contribution in [0.15, 0.2) is 6.20 Å². The minimum absolute atomic E-state index is 0.130. The van der Waals surface area contributed by atoms with Gasteiger partial charge in [0.2, 0.25) is 0 Å². The fraction of sp³-hybridized carbons (Fsp3) is 0.750. The van der Waals surface area contributed by atoms with Gasteiger partial charge in [-0.15, -0.1) is 5.10 Å². The van der Waals surface area contributed by atoms with Crippen molar-refractivity contribution in [2.45, 2.75) is 45.6 Å². The minimum Gasteiger partial charge on any atom is -0.444 e. The van der Waals surface area contributed by atoms with Gasteiger partial charge in [-0.3, -0.25) is 9.89 Å². The second kappa shape index (κ2) is 7.63. The van der Waals surface area contributed by atoms with E-state index in [1.54, 1.807) is 16.8 Å². The average molecular weight is 337 g/mol. The van der Waals surface area contributed by atoms with Gasteiger partial charge in [0.15, 0.2) is 5.69 Å². The van der Waals surface area contributed by atoms with Crippen LogP contribution in [0.5, 0.6) is 0 Å². The van der Waals surface area contributed by atoms with E-state index < -0.39 is 5.60 Å². The zero-order chi connectivity index (χ0) is 17.7. The van der Waals surface area contributed by atoms with E-state index in [2.05, 4.69) is 15.4 Å². The van der Waals surface area contributed by atoms with Gasteiger partial charge in [-0.2, -0.15) is 0 Å². The molecule has 2 heterocycles. The topological polar surface area (TPSA) is 91.4 Å². The predicted molar refractivity (Wildman–Crippen MR) is 88.5 cm³/mol. The molecule has 0 bridgehead atoms. The van der Waals surface area contributed by atoms with Crippen LogP contribution in [0.4, 0.5) is 4.79 Å². The van der Waals surface area contributed by atoms with Gasteiger partial charge >= 0.3 is 6.09 Å². The molecule has 1 aromatic heterocycles. The van der Waals surface area contributed by atoms with Crippen molar-refractivity contribution >= 4 is 12.0 Å². The Balaban J connectivity index is 1.71. The molecule has 1 aliphatic heterocycles. The lowest BCUT2D eigenvalue weighted by molar-refractivity contribution is 0.0179. The van der Waals surface area contributed by atoms with Crippen LogP contribution in [0.1, 0.15) is 50.5 Å². The van der Waals surface area contributed by atoms with Crippen molar-refractivity contribution in [3.05, 3.63) is 11.9 Å². The molecule has 134 valence electrons. The summed E-state index contributed by atoms with van der Waals surface area (Å²) >= 11 is 0. The first kappa shape index (κ1) is 18.2. The lowest BCUT2D eigenvalue weighted by Gasteiger charge is -2.34. The zero-order valence-electron chi connectivity index (χ0n) is 14.9. The molecule has 0 saturated carbocycles. The van der Waals surface area contributed by atoms with Crippen molar-refractivity contribution in [3.8, 4) is 0 Å². The number of aromatic nitrogens is 3. The first-order valence-corrected chi connectivity index (χ1v) is 8.36. The third kappa shape index (κ3) is 5.21. The monoisotopic (exact) mass is 337 g/mol. The quantitative estimate of drug-likeness (QED) is 0.906. The Hall–Kier alpha value is -2.12. The maximum absolute atomic E-state index is 12.1. The summed E-state index contributed by atoms with van der Waals surface area (Å²) in [5.41, 5.74) is -0.129. The number of amides is 2. The highest BCUT2D eigenvalue weighted by molar-refractivity contribution is 5.91. The molecule has 0 aliphatic carbocycles. The Kier molecular flexibility index (Phi) is 5.80. The van der Waals surface area contributed by atoms with Crippen molar-refractivity contribution in [1.29, 1.82) is 0 Å². The van der Waals surface area contributed by atoms with Crippen LogP contribution in [-0.2, 0) is 4.74 Å². The third-order valence-corrected chi connectivity index (χ3v) is 4.12. The minimum atomic E-state index is -0.460. The molecule has 0 aromatic carbocycles. The van der Waals surface area contributed by atoms with E-state index in [1.807, 2.05) is 20.8 Å². The summed E-state index contributed by atoms with van der Waals surface area (Å²) in [5.74, 6) is 0.381. The van der Waals surface area contributed by atoms with Crippen LogP contribution in [0.3, 0.4) is 0 Å². The maximum atomic E-state index is 12.1. The summed E-state index contributed by atoms with van der Waals surface area (Å²) in [6, 6.07) is 0. The van der Waals surface area contributed by atoms with Crippen LogP contribution in [0.25, 0.3) is 0 Å². The van der Waals surface area contributed by atoms with E-state index in [4.69, 9.17) is 4.74 Å². The largest absolute Gasteiger partial charge is 0.444 e.